The maximum absolute atomic E-state index is 11.9. The Kier molecular flexibility index (Phi) is 8.52. The number of rotatable bonds is 11. The van der Waals surface area contributed by atoms with Crippen LogP contribution in [-0.2, 0) is 11.2 Å². The number of unbranched alkanes of at least 4 members (excludes halogenated alkanes) is 5. The third kappa shape index (κ3) is 6.76. The van der Waals surface area contributed by atoms with E-state index in [2.05, 4.69) is 22.4 Å². The zero-order valence-corrected chi connectivity index (χ0v) is 15.9. The largest absolute Gasteiger partial charge is 0.332 e. The van der Waals surface area contributed by atoms with Crippen LogP contribution < -0.4 is 5.32 Å². The Balaban J connectivity index is 1.61. The summed E-state index contributed by atoms with van der Waals surface area (Å²) in [4.78, 5) is 25.1. The van der Waals surface area contributed by atoms with E-state index in [1.807, 2.05) is 0 Å². The zero-order chi connectivity index (χ0) is 17.2. The lowest BCUT2D eigenvalue weighted by atomic mass is 10.1. The van der Waals surface area contributed by atoms with Crippen molar-refractivity contribution in [2.75, 3.05) is 24.2 Å². The summed E-state index contributed by atoms with van der Waals surface area (Å²) in [6, 6.07) is 0. The lowest BCUT2D eigenvalue weighted by molar-refractivity contribution is -0.116. The summed E-state index contributed by atoms with van der Waals surface area (Å²) in [5.74, 6) is 0.709. The van der Waals surface area contributed by atoms with E-state index in [0.717, 1.165) is 30.1 Å². The Morgan fingerprint density at radius 3 is 2.75 bits per heavy atom. The van der Waals surface area contributed by atoms with Crippen molar-refractivity contribution in [1.29, 1.82) is 0 Å². The molecule has 0 saturated carbocycles. The minimum atomic E-state index is -0.109. The van der Waals surface area contributed by atoms with Gasteiger partial charge in [0, 0.05) is 31.7 Å². The van der Waals surface area contributed by atoms with Crippen LogP contribution in [0.15, 0.2) is 0 Å². The van der Waals surface area contributed by atoms with Crippen LogP contribution in [0.5, 0.6) is 0 Å². The molecule has 0 aromatic carbocycles. The summed E-state index contributed by atoms with van der Waals surface area (Å²) in [6.45, 7) is 3.43. The summed E-state index contributed by atoms with van der Waals surface area (Å²) >= 11 is 2.76. The molecule has 0 spiro atoms. The number of aromatic nitrogens is 2. The molecule has 8 heteroatoms. The monoisotopic (exact) mass is 370 g/mol. The molecular formula is C16H26N4O2S2. The lowest BCUT2D eigenvalue weighted by Gasteiger charge is -2.13. The molecule has 2 heterocycles. The summed E-state index contributed by atoms with van der Waals surface area (Å²) in [5, 5.41) is 12.6. The first-order valence-electron chi connectivity index (χ1n) is 8.73. The topological polar surface area (TPSA) is 75.2 Å². The van der Waals surface area contributed by atoms with Gasteiger partial charge in [-0.1, -0.05) is 62.1 Å². The standard InChI is InChI=1S/C16H26N4O2S2/c1-2-3-4-5-6-7-8-14-18-19-15(24-14)17-13(21)9-10-20-11-12-23-16(20)22/h2-12H2,1H3,(H,17,19,21). The van der Waals surface area contributed by atoms with Gasteiger partial charge < -0.3 is 10.2 Å². The second kappa shape index (κ2) is 10.7. The number of anilines is 1. The van der Waals surface area contributed by atoms with Crippen molar-refractivity contribution >= 4 is 39.4 Å². The van der Waals surface area contributed by atoms with Crippen molar-refractivity contribution in [2.24, 2.45) is 0 Å². The van der Waals surface area contributed by atoms with E-state index < -0.39 is 0 Å². The van der Waals surface area contributed by atoms with E-state index in [0.29, 0.717) is 18.1 Å². The van der Waals surface area contributed by atoms with Crippen LogP contribution in [0.3, 0.4) is 0 Å². The minimum absolute atomic E-state index is 0.0694. The SMILES string of the molecule is CCCCCCCCc1nnc(NC(=O)CCN2CCSC2=O)s1. The van der Waals surface area contributed by atoms with Gasteiger partial charge in [-0.3, -0.25) is 9.59 Å². The fourth-order valence-corrected chi connectivity index (χ4v) is 4.16. The highest BCUT2D eigenvalue weighted by Gasteiger charge is 2.21. The molecule has 1 fully saturated rings. The van der Waals surface area contributed by atoms with Gasteiger partial charge in [-0.25, -0.2) is 0 Å². The zero-order valence-electron chi connectivity index (χ0n) is 14.3. The van der Waals surface area contributed by atoms with Crippen LogP contribution in [-0.4, -0.2) is 45.1 Å². The number of hydrogen-bond acceptors (Lipinski definition) is 6. The molecule has 1 aromatic heterocycles. The van der Waals surface area contributed by atoms with Gasteiger partial charge in [0.15, 0.2) is 0 Å². The fraction of sp³-hybridized carbons (Fsp3) is 0.750. The van der Waals surface area contributed by atoms with Gasteiger partial charge in [0.1, 0.15) is 5.01 Å². The molecule has 0 bridgehead atoms. The van der Waals surface area contributed by atoms with Crippen LogP contribution >= 0.6 is 23.1 Å². The molecule has 0 atom stereocenters. The number of aryl methyl sites for hydroxylation is 1. The van der Waals surface area contributed by atoms with Crippen molar-refractivity contribution < 1.29 is 9.59 Å². The maximum atomic E-state index is 11.9. The van der Waals surface area contributed by atoms with Crippen LogP contribution in [0.4, 0.5) is 9.93 Å². The van der Waals surface area contributed by atoms with Crippen molar-refractivity contribution in [3.05, 3.63) is 5.01 Å². The Morgan fingerprint density at radius 2 is 2.00 bits per heavy atom. The molecule has 2 rings (SSSR count). The Hall–Kier alpha value is -1.15. The van der Waals surface area contributed by atoms with Crippen molar-refractivity contribution in [2.45, 2.75) is 58.3 Å². The summed E-state index contributed by atoms with van der Waals surface area (Å²) < 4.78 is 0. The molecule has 0 aliphatic carbocycles. The first-order chi connectivity index (χ1) is 11.7. The van der Waals surface area contributed by atoms with Crippen LogP contribution in [0.2, 0.25) is 0 Å². The molecule has 6 nitrogen and oxygen atoms in total. The predicted molar refractivity (Wildman–Crippen MR) is 99.7 cm³/mol. The third-order valence-electron chi connectivity index (χ3n) is 3.91. The van der Waals surface area contributed by atoms with Gasteiger partial charge in [-0.15, -0.1) is 10.2 Å². The molecule has 24 heavy (non-hydrogen) atoms. The Bertz CT molecular complexity index is 536. The molecule has 1 aliphatic rings. The first kappa shape index (κ1) is 19.2. The van der Waals surface area contributed by atoms with E-state index in [4.69, 9.17) is 0 Å². The second-order valence-corrected chi connectivity index (χ2v) is 8.03. The van der Waals surface area contributed by atoms with E-state index in [9.17, 15) is 9.59 Å². The normalized spacial score (nSPS) is 14.4. The molecular weight excluding hydrogens is 344 g/mol. The van der Waals surface area contributed by atoms with Crippen molar-refractivity contribution in [1.82, 2.24) is 15.1 Å². The molecule has 1 N–H and O–H groups in total. The fourth-order valence-electron chi connectivity index (χ4n) is 2.51. The summed E-state index contributed by atoms with van der Waals surface area (Å²) in [5.41, 5.74) is 0. The summed E-state index contributed by atoms with van der Waals surface area (Å²) in [7, 11) is 0. The molecule has 1 aliphatic heterocycles. The molecule has 0 unspecified atom stereocenters. The van der Waals surface area contributed by atoms with Gasteiger partial charge in [0.25, 0.3) is 5.24 Å². The van der Waals surface area contributed by atoms with Crippen molar-refractivity contribution in [3.63, 3.8) is 0 Å². The van der Waals surface area contributed by atoms with E-state index >= 15 is 0 Å². The van der Waals surface area contributed by atoms with Gasteiger partial charge in [-0.2, -0.15) is 0 Å². The quantitative estimate of drug-likeness (QED) is 0.597. The Morgan fingerprint density at radius 1 is 1.21 bits per heavy atom. The van der Waals surface area contributed by atoms with Gasteiger partial charge in [0.2, 0.25) is 11.0 Å². The number of nitrogens with one attached hydrogen (secondary N) is 1. The number of carbonyl (C=O) groups is 2. The number of hydrogen-bond donors (Lipinski definition) is 1. The number of amides is 2. The maximum Gasteiger partial charge on any atom is 0.281 e. The number of nitrogens with zero attached hydrogens (tertiary/aromatic N) is 3. The van der Waals surface area contributed by atoms with E-state index in [-0.39, 0.29) is 11.1 Å². The van der Waals surface area contributed by atoms with E-state index in [1.165, 1.54) is 55.2 Å². The van der Waals surface area contributed by atoms with Crippen LogP contribution in [0.25, 0.3) is 0 Å². The smallest absolute Gasteiger partial charge is 0.281 e. The number of carbonyl (C=O) groups excluding carboxylic acids is 2. The van der Waals surface area contributed by atoms with Gasteiger partial charge >= 0.3 is 0 Å². The predicted octanol–water partition coefficient (Wildman–Crippen LogP) is 3.94. The highest BCUT2D eigenvalue weighted by Crippen LogP contribution is 2.19. The summed E-state index contributed by atoms with van der Waals surface area (Å²) in [6.07, 6.45) is 8.76. The van der Waals surface area contributed by atoms with Crippen molar-refractivity contribution in [3.8, 4) is 0 Å². The molecule has 2 amide bonds. The van der Waals surface area contributed by atoms with Gasteiger partial charge in [0.05, 0.1) is 0 Å². The second-order valence-electron chi connectivity index (χ2n) is 5.92. The highest BCUT2D eigenvalue weighted by atomic mass is 32.2. The highest BCUT2D eigenvalue weighted by molar-refractivity contribution is 8.13. The molecule has 134 valence electrons. The van der Waals surface area contributed by atoms with Crippen LogP contribution in [0, 0.1) is 0 Å². The lowest BCUT2D eigenvalue weighted by Crippen LogP contribution is -2.27. The number of thioether (sulfide) groups is 1. The first-order valence-corrected chi connectivity index (χ1v) is 10.5. The average Bonchev–Trinajstić information content (AvgIpc) is 3.18. The van der Waals surface area contributed by atoms with E-state index in [1.54, 1.807) is 4.90 Å². The molecule has 0 radical (unpaired) electrons. The average molecular weight is 371 g/mol. The van der Waals surface area contributed by atoms with Crippen LogP contribution in [0.1, 0.15) is 56.9 Å². The third-order valence-corrected chi connectivity index (χ3v) is 5.70. The minimum Gasteiger partial charge on any atom is -0.332 e. The molecule has 1 aromatic rings. The van der Waals surface area contributed by atoms with Gasteiger partial charge in [-0.05, 0) is 6.42 Å². The molecule has 1 saturated heterocycles. The Labute approximate surface area is 151 Å².